The molecular formula is C14H13FN2O2. The first-order valence-corrected chi connectivity index (χ1v) is 5.67. The average Bonchev–Trinajstić information content (AvgIpc) is 2.41. The molecule has 0 fully saturated rings. The number of hydrogen-bond acceptors (Lipinski definition) is 4. The normalized spacial score (nSPS) is 10.1. The smallest absolute Gasteiger partial charge is 0.338 e. The van der Waals surface area contributed by atoms with Gasteiger partial charge >= 0.3 is 5.97 Å². The van der Waals surface area contributed by atoms with Gasteiger partial charge in [0.15, 0.2) is 0 Å². The topological polar surface area (TPSA) is 51.2 Å². The monoisotopic (exact) mass is 260 g/mol. The number of carbonyl (C=O) groups excluding carboxylic acids is 1. The van der Waals surface area contributed by atoms with Gasteiger partial charge in [-0.25, -0.2) is 14.2 Å². The fourth-order valence-electron chi connectivity index (χ4n) is 1.60. The second kappa shape index (κ2) is 5.48. The number of benzene rings is 1. The van der Waals surface area contributed by atoms with Crippen LogP contribution in [0.1, 0.15) is 15.9 Å². The molecule has 2 rings (SSSR count). The van der Waals surface area contributed by atoms with E-state index in [9.17, 15) is 9.18 Å². The lowest BCUT2D eigenvalue weighted by molar-refractivity contribution is 0.0600. The minimum absolute atomic E-state index is 0.306. The Morgan fingerprint density at radius 1 is 1.32 bits per heavy atom. The van der Waals surface area contributed by atoms with Crippen molar-refractivity contribution in [3.05, 3.63) is 53.5 Å². The molecule has 0 atom stereocenters. The van der Waals surface area contributed by atoms with Crippen molar-refractivity contribution in [2.24, 2.45) is 0 Å². The second-order valence-electron chi connectivity index (χ2n) is 4.03. The molecule has 1 heterocycles. The van der Waals surface area contributed by atoms with Gasteiger partial charge in [-0.05, 0) is 36.8 Å². The summed E-state index contributed by atoms with van der Waals surface area (Å²) in [6.07, 6.45) is 1.46. The quantitative estimate of drug-likeness (QED) is 0.862. The van der Waals surface area contributed by atoms with E-state index < -0.39 is 5.97 Å². The number of aromatic nitrogens is 1. The number of halogens is 1. The van der Waals surface area contributed by atoms with E-state index in [2.05, 4.69) is 15.0 Å². The molecule has 0 saturated carbocycles. The Kier molecular flexibility index (Phi) is 3.75. The number of esters is 1. The van der Waals surface area contributed by atoms with Crippen molar-refractivity contribution in [2.45, 2.75) is 6.92 Å². The summed E-state index contributed by atoms with van der Waals surface area (Å²) in [5.74, 6) is -0.453. The number of nitrogens with one attached hydrogen (secondary N) is 1. The van der Waals surface area contributed by atoms with Crippen molar-refractivity contribution >= 4 is 17.5 Å². The Hall–Kier alpha value is -2.43. The summed E-state index contributed by atoms with van der Waals surface area (Å²) in [5, 5.41) is 2.82. The maximum absolute atomic E-state index is 13.7. The van der Waals surface area contributed by atoms with Gasteiger partial charge in [0.1, 0.15) is 11.6 Å². The molecule has 19 heavy (non-hydrogen) atoms. The number of pyridine rings is 1. The largest absolute Gasteiger partial charge is 0.465 e. The van der Waals surface area contributed by atoms with Crippen LogP contribution in [0.5, 0.6) is 0 Å². The summed E-state index contributed by atoms with van der Waals surface area (Å²) in [5.41, 5.74) is 1.49. The number of carbonyl (C=O) groups is 1. The lowest BCUT2D eigenvalue weighted by atomic mass is 10.2. The molecule has 2 aromatic rings. The molecule has 0 aliphatic carbocycles. The molecule has 0 saturated heterocycles. The highest BCUT2D eigenvalue weighted by Gasteiger charge is 2.08. The highest BCUT2D eigenvalue weighted by atomic mass is 19.1. The number of methoxy groups -OCH3 is 1. The molecule has 1 N–H and O–H groups in total. The van der Waals surface area contributed by atoms with E-state index >= 15 is 0 Å². The summed E-state index contributed by atoms with van der Waals surface area (Å²) in [7, 11) is 1.30. The van der Waals surface area contributed by atoms with Crippen LogP contribution in [0.25, 0.3) is 0 Å². The van der Waals surface area contributed by atoms with E-state index in [4.69, 9.17) is 0 Å². The van der Waals surface area contributed by atoms with Gasteiger partial charge in [-0.15, -0.1) is 0 Å². The Labute approximate surface area is 110 Å². The highest BCUT2D eigenvalue weighted by Crippen LogP contribution is 2.20. The Bertz CT molecular complexity index is 614. The summed E-state index contributed by atoms with van der Waals surface area (Å²) in [6, 6.07) is 7.87. The molecule has 0 radical (unpaired) electrons. The van der Waals surface area contributed by atoms with Crippen LogP contribution in [-0.2, 0) is 4.74 Å². The first-order chi connectivity index (χ1) is 9.10. The molecule has 0 bridgehead atoms. The first kappa shape index (κ1) is 13.0. The van der Waals surface area contributed by atoms with Gasteiger partial charge in [-0.3, -0.25) is 0 Å². The minimum atomic E-state index is -0.463. The van der Waals surface area contributed by atoms with E-state index in [1.54, 1.807) is 12.1 Å². The minimum Gasteiger partial charge on any atom is -0.465 e. The third-order valence-electron chi connectivity index (χ3n) is 2.57. The molecule has 0 spiro atoms. The second-order valence-corrected chi connectivity index (χ2v) is 4.03. The van der Waals surface area contributed by atoms with Crippen molar-refractivity contribution < 1.29 is 13.9 Å². The zero-order chi connectivity index (χ0) is 13.8. The highest BCUT2D eigenvalue weighted by molar-refractivity contribution is 5.90. The Balaban J connectivity index is 2.26. The van der Waals surface area contributed by atoms with E-state index in [0.29, 0.717) is 17.1 Å². The molecule has 0 amide bonds. The van der Waals surface area contributed by atoms with Crippen LogP contribution in [-0.4, -0.2) is 18.1 Å². The van der Waals surface area contributed by atoms with Gasteiger partial charge in [0.25, 0.3) is 0 Å². The number of hydrogen-bond donors (Lipinski definition) is 1. The van der Waals surface area contributed by atoms with Crippen LogP contribution < -0.4 is 5.32 Å². The van der Waals surface area contributed by atoms with Crippen LogP contribution in [0.15, 0.2) is 36.5 Å². The van der Waals surface area contributed by atoms with E-state index in [0.717, 1.165) is 5.56 Å². The van der Waals surface area contributed by atoms with Crippen LogP contribution in [0.2, 0.25) is 0 Å². The number of anilines is 2. The number of ether oxygens (including phenoxy) is 1. The molecule has 98 valence electrons. The standard InChI is InChI=1S/C14H13FN2O2/c1-9-3-4-12(11(15)7-9)17-13-8-10(5-6-16-13)14(18)19-2/h3-8H,1-2H3,(H,16,17). The third kappa shape index (κ3) is 3.07. The van der Waals surface area contributed by atoms with Gasteiger partial charge in [-0.2, -0.15) is 0 Å². The zero-order valence-corrected chi connectivity index (χ0v) is 10.6. The molecule has 0 unspecified atom stereocenters. The van der Waals surface area contributed by atoms with Crippen molar-refractivity contribution in [1.29, 1.82) is 0 Å². The summed E-state index contributed by atoms with van der Waals surface area (Å²) in [4.78, 5) is 15.4. The summed E-state index contributed by atoms with van der Waals surface area (Å²) < 4.78 is 18.3. The van der Waals surface area contributed by atoms with Gasteiger partial charge in [0, 0.05) is 6.20 Å². The first-order valence-electron chi connectivity index (χ1n) is 5.67. The maximum Gasteiger partial charge on any atom is 0.338 e. The van der Waals surface area contributed by atoms with Crippen molar-refractivity contribution in [3.63, 3.8) is 0 Å². The molecule has 5 heteroatoms. The van der Waals surface area contributed by atoms with Crippen LogP contribution in [0.4, 0.5) is 15.9 Å². The molecule has 0 aliphatic heterocycles. The number of nitrogens with zero attached hydrogens (tertiary/aromatic N) is 1. The Morgan fingerprint density at radius 3 is 2.79 bits per heavy atom. The SMILES string of the molecule is COC(=O)c1ccnc(Nc2ccc(C)cc2F)c1. The van der Waals surface area contributed by atoms with Crippen LogP contribution >= 0.6 is 0 Å². The predicted molar refractivity (Wildman–Crippen MR) is 70.0 cm³/mol. The van der Waals surface area contributed by atoms with E-state index in [1.165, 1.54) is 31.5 Å². The number of aryl methyl sites for hydroxylation is 1. The predicted octanol–water partition coefficient (Wildman–Crippen LogP) is 3.06. The van der Waals surface area contributed by atoms with E-state index in [-0.39, 0.29) is 5.82 Å². The van der Waals surface area contributed by atoms with E-state index in [1.807, 2.05) is 6.92 Å². The average molecular weight is 260 g/mol. The summed E-state index contributed by atoms with van der Waals surface area (Å²) >= 11 is 0. The third-order valence-corrected chi connectivity index (χ3v) is 2.57. The van der Waals surface area contributed by atoms with Gasteiger partial charge < -0.3 is 10.1 Å². The molecule has 4 nitrogen and oxygen atoms in total. The van der Waals surface area contributed by atoms with Gasteiger partial charge in [0.2, 0.25) is 0 Å². The van der Waals surface area contributed by atoms with Gasteiger partial charge in [0.05, 0.1) is 18.4 Å². The lowest BCUT2D eigenvalue weighted by Gasteiger charge is -2.08. The molecule has 1 aromatic carbocycles. The fourth-order valence-corrected chi connectivity index (χ4v) is 1.60. The van der Waals surface area contributed by atoms with Crippen LogP contribution in [0.3, 0.4) is 0 Å². The summed E-state index contributed by atoms with van der Waals surface area (Å²) in [6.45, 7) is 1.81. The van der Waals surface area contributed by atoms with Crippen molar-refractivity contribution in [1.82, 2.24) is 4.98 Å². The number of rotatable bonds is 3. The molecule has 0 aliphatic rings. The van der Waals surface area contributed by atoms with Crippen molar-refractivity contribution in [2.75, 3.05) is 12.4 Å². The van der Waals surface area contributed by atoms with Gasteiger partial charge in [-0.1, -0.05) is 6.07 Å². The molecule has 1 aromatic heterocycles. The fraction of sp³-hybridized carbons (Fsp3) is 0.143. The zero-order valence-electron chi connectivity index (χ0n) is 10.6. The lowest BCUT2D eigenvalue weighted by Crippen LogP contribution is -2.03. The van der Waals surface area contributed by atoms with Crippen LogP contribution in [0, 0.1) is 12.7 Å². The maximum atomic E-state index is 13.7. The van der Waals surface area contributed by atoms with Crippen molar-refractivity contribution in [3.8, 4) is 0 Å². The Morgan fingerprint density at radius 2 is 2.11 bits per heavy atom. The molecular weight excluding hydrogens is 247 g/mol.